The van der Waals surface area contributed by atoms with Crippen molar-refractivity contribution in [3.63, 3.8) is 0 Å². The zero-order chi connectivity index (χ0) is 16.4. The summed E-state index contributed by atoms with van der Waals surface area (Å²) in [6.45, 7) is 3.56. The van der Waals surface area contributed by atoms with E-state index in [1.54, 1.807) is 11.0 Å². The number of rotatable bonds is 3. The van der Waals surface area contributed by atoms with Gasteiger partial charge in [-0.2, -0.15) is 5.10 Å². The fourth-order valence-corrected chi connectivity index (χ4v) is 3.07. The second-order valence-corrected chi connectivity index (χ2v) is 5.90. The van der Waals surface area contributed by atoms with E-state index < -0.39 is 0 Å². The van der Waals surface area contributed by atoms with Crippen LogP contribution in [0.15, 0.2) is 24.8 Å². The molecule has 1 atom stereocenters. The smallest absolute Gasteiger partial charge is 0.251 e. The Kier molecular flexibility index (Phi) is 4.08. The van der Waals surface area contributed by atoms with Crippen LogP contribution in [0.2, 0.25) is 0 Å². The van der Waals surface area contributed by atoms with Gasteiger partial charge >= 0.3 is 0 Å². The van der Waals surface area contributed by atoms with Gasteiger partial charge in [0.1, 0.15) is 18.8 Å². The number of nitrogens with zero attached hydrogens (tertiary/aromatic N) is 7. The Bertz CT molecular complexity index is 674. The summed E-state index contributed by atoms with van der Waals surface area (Å²) in [5.41, 5.74) is 0. The third kappa shape index (κ3) is 2.94. The average molecular weight is 329 g/mol. The third-order valence-corrected chi connectivity index (χ3v) is 4.41. The molecule has 4 rings (SSSR count). The van der Waals surface area contributed by atoms with E-state index in [0.717, 1.165) is 31.7 Å². The molecule has 9 heteroatoms. The van der Waals surface area contributed by atoms with Gasteiger partial charge in [0, 0.05) is 32.8 Å². The van der Waals surface area contributed by atoms with Gasteiger partial charge in [-0.05, 0) is 25.0 Å². The minimum atomic E-state index is -0.238. The van der Waals surface area contributed by atoms with E-state index in [0.29, 0.717) is 25.5 Å². The van der Waals surface area contributed by atoms with Gasteiger partial charge in [-0.25, -0.2) is 9.67 Å². The summed E-state index contributed by atoms with van der Waals surface area (Å²) < 4.78 is 7.05. The minimum Gasteiger partial charge on any atom is -0.368 e. The monoisotopic (exact) mass is 329 g/mol. The first-order valence-corrected chi connectivity index (χ1v) is 8.15. The van der Waals surface area contributed by atoms with Gasteiger partial charge in [0.05, 0.1) is 0 Å². The molecular weight excluding hydrogens is 310 g/mol. The third-order valence-electron chi connectivity index (χ3n) is 4.41. The second-order valence-electron chi connectivity index (χ2n) is 5.90. The Morgan fingerprint density at radius 3 is 2.54 bits per heavy atom. The molecule has 0 radical (unpaired) electrons. The van der Waals surface area contributed by atoms with Crippen LogP contribution in [0.5, 0.6) is 0 Å². The summed E-state index contributed by atoms with van der Waals surface area (Å²) in [5, 5.41) is 12.5. The van der Waals surface area contributed by atoms with E-state index in [-0.39, 0.29) is 12.0 Å². The number of carbonyl (C=O) groups excluding carboxylic acids is 1. The molecule has 126 valence electrons. The number of amides is 1. The summed E-state index contributed by atoms with van der Waals surface area (Å²) in [6, 6.07) is 3.78. The number of ether oxygens (including phenoxy) is 1. The molecule has 2 aliphatic rings. The molecule has 0 aromatic carbocycles. The van der Waals surface area contributed by atoms with Gasteiger partial charge in [0.15, 0.2) is 11.6 Å². The molecule has 1 amide bonds. The fraction of sp³-hybridized carbons (Fsp3) is 0.533. The average Bonchev–Trinajstić information content (AvgIpc) is 3.35. The molecule has 0 spiro atoms. The lowest BCUT2D eigenvalue weighted by atomic mass is 10.2. The van der Waals surface area contributed by atoms with Gasteiger partial charge < -0.3 is 14.5 Å². The summed E-state index contributed by atoms with van der Waals surface area (Å²) >= 11 is 0. The standard InChI is InChI=1S/C15H19N7O2/c23-15(12-2-1-9-24-12)21-7-5-20(6-8-21)13-3-4-14(19-18-13)22-11-16-10-17-22/h3-4,10-12H,1-2,5-9H2/t12-/m1/s1. The van der Waals surface area contributed by atoms with Crippen molar-refractivity contribution >= 4 is 11.7 Å². The maximum Gasteiger partial charge on any atom is 0.251 e. The lowest BCUT2D eigenvalue weighted by molar-refractivity contribution is -0.141. The van der Waals surface area contributed by atoms with E-state index in [1.165, 1.54) is 6.33 Å². The van der Waals surface area contributed by atoms with Crippen LogP contribution in [0.1, 0.15) is 12.8 Å². The quantitative estimate of drug-likeness (QED) is 0.776. The summed E-state index contributed by atoms with van der Waals surface area (Å²) in [7, 11) is 0. The molecule has 0 aliphatic carbocycles. The molecule has 0 unspecified atom stereocenters. The van der Waals surface area contributed by atoms with Gasteiger partial charge in [-0.1, -0.05) is 0 Å². The van der Waals surface area contributed by atoms with Gasteiger partial charge in [0.25, 0.3) is 5.91 Å². The van der Waals surface area contributed by atoms with Crippen LogP contribution in [-0.2, 0) is 9.53 Å². The summed E-state index contributed by atoms with van der Waals surface area (Å²) in [6.07, 6.45) is 4.62. The zero-order valence-corrected chi connectivity index (χ0v) is 13.3. The summed E-state index contributed by atoms with van der Waals surface area (Å²) in [5.74, 6) is 1.56. The van der Waals surface area contributed by atoms with Crippen molar-refractivity contribution < 1.29 is 9.53 Å². The molecular formula is C15H19N7O2. The number of anilines is 1. The molecule has 2 fully saturated rings. The van der Waals surface area contributed by atoms with Crippen molar-refractivity contribution in [1.29, 1.82) is 0 Å². The van der Waals surface area contributed by atoms with Gasteiger partial charge in [-0.3, -0.25) is 4.79 Å². The zero-order valence-electron chi connectivity index (χ0n) is 13.3. The van der Waals surface area contributed by atoms with Crippen molar-refractivity contribution in [2.45, 2.75) is 18.9 Å². The molecule has 0 N–H and O–H groups in total. The molecule has 9 nitrogen and oxygen atoms in total. The highest BCUT2D eigenvalue weighted by molar-refractivity contribution is 5.81. The van der Waals surface area contributed by atoms with E-state index >= 15 is 0 Å². The predicted molar refractivity (Wildman–Crippen MR) is 84.7 cm³/mol. The van der Waals surface area contributed by atoms with E-state index in [4.69, 9.17) is 4.74 Å². The van der Waals surface area contributed by atoms with Crippen LogP contribution in [0.3, 0.4) is 0 Å². The normalized spacial score (nSPS) is 21.2. The molecule has 2 aliphatic heterocycles. The van der Waals surface area contributed by atoms with Crippen LogP contribution >= 0.6 is 0 Å². The Hall–Kier alpha value is -2.55. The van der Waals surface area contributed by atoms with Crippen LogP contribution in [-0.4, -0.2) is 74.7 Å². The van der Waals surface area contributed by atoms with Crippen LogP contribution < -0.4 is 4.90 Å². The fourth-order valence-electron chi connectivity index (χ4n) is 3.07. The SMILES string of the molecule is O=C([C@H]1CCCO1)N1CCN(c2ccc(-n3cncn3)nn2)CC1. The number of hydrogen-bond donors (Lipinski definition) is 0. The summed E-state index contributed by atoms with van der Waals surface area (Å²) in [4.78, 5) is 20.3. The first kappa shape index (κ1) is 15.0. The maximum atomic E-state index is 12.4. The van der Waals surface area contributed by atoms with Gasteiger partial charge in [0.2, 0.25) is 0 Å². The Morgan fingerprint density at radius 1 is 1.12 bits per heavy atom. The van der Waals surface area contributed by atoms with Crippen LogP contribution in [0.25, 0.3) is 5.82 Å². The number of carbonyl (C=O) groups is 1. The van der Waals surface area contributed by atoms with Crippen LogP contribution in [0.4, 0.5) is 5.82 Å². The number of hydrogen-bond acceptors (Lipinski definition) is 7. The number of aromatic nitrogens is 5. The minimum absolute atomic E-state index is 0.125. The Morgan fingerprint density at radius 2 is 1.92 bits per heavy atom. The van der Waals surface area contributed by atoms with Gasteiger partial charge in [-0.15, -0.1) is 10.2 Å². The molecule has 2 saturated heterocycles. The highest BCUT2D eigenvalue weighted by atomic mass is 16.5. The lowest BCUT2D eigenvalue weighted by Crippen LogP contribution is -2.51. The number of piperazine rings is 1. The maximum absolute atomic E-state index is 12.4. The first-order chi connectivity index (χ1) is 11.8. The van der Waals surface area contributed by atoms with Crippen molar-refractivity contribution in [3.05, 3.63) is 24.8 Å². The first-order valence-electron chi connectivity index (χ1n) is 8.15. The molecule has 0 bridgehead atoms. The Balaban J connectivity index is 1.36. The predicted octanol–water partition coefficient (Wildman–Crippen LogP) is -0.115. The lowest BCUT2D eigenvalue weighted by Gasteiger charge is -2.36. The molecule has 2 aromatic rings. The highest BCUT2D eigenvalue weighted by Gasteiger charge is 2.30. The molecule has 4 heterocycles. The van der Waals surface area contributed by atoms with E-state index in [1.807, 2.05) is 17.0 Å². The highest BCUT2D eigenvalue weighted by Crippen LogP contribution is 2.18. The Labute approximate surface area is 139 Å². The second kappa shape index (κ2) is 6.52. The molecule has 24 heavy (non-hydrogen) atoms. The van der Waals surface area contributed by atoms with Crippen LogP contribution in [0, 0.1) is 0 Å². The van der Waals surface area contributed by atoms with E-state index in [9.17, 15) is 4.79 Å². The molecule has 2 aromatic heterocycles. The van der Waals surface area contributed by atoms with Crippen molar-refractivity contribution in [2.75, 3.05) is 37.7 Å². The van der Waals surface area contributed by atoms with E-state index in [2.05, 4.69) is 25.2 Å². The largest absolute Gasteiger partial charge is 0.368 e. The van der Waals surface area contributed by atoms with Crippen molar-refractivity contribution in [3.8, 4) is 5.82 Å². The van der Waals surface area contributed by atoms with Crippen molar-refractivity contribution in [2.24, 2.45) is 0 Å². The van der Waals surface area contributed by atoms with Crippen molar-refractivity contribution in [1.82, 2.24) is 29.9 Å². The topological polar surface area (TPSA) is 89.3 Å². The molecule has 0 saturated carbocycles.